The molecule has 0 aliphatic rings. The Labute approximate surface area is 84.8 Å². The van der Waals surface area contributed by atoms with Crippen molar-refractivity contribution in [1.29, 1.82) is 0 Å². The highest BCUT2D eigenvalue weighted by atomic mass is 19.1. The van der Waals surface area contributed by atoms with E-state index in [1.807, 2.05) is 0 Å². The third-order valence-electron chi connectivity index (χ3n) is 1.89. The molecule has 0 aliphatic carbocycles. The zero-order valence-electron chi connectivity index (χ0n) is 7.68. The van der Waals surface area contributed by atoms with Crippen molar-refractivity contribution < 1.29 is 14.4 Å². The summed E-state index contributed by atoms with van der Waals surface area (Å²) in [6.45, 7) is 3.35. The molecule has 0 amide bonds. The normalized spacial score (nSPS) is 12.1. The second-order valence-corrected chi connectivity index (χ2v) is 2.88. The Morgan fingerprint density at radius 3 is 2.73 bits per heavy atom. The lowest BCUT2D eigenvalue weighted by Crippen LogP contribution is -2.08. The van der Waals surface area contributed by atoms with E-state index in [0.29, 0.717) is 6.07 Å². The molecule has 0 aromatic heterocycles. The highest BCUT2D eigenvalue weighted by Crippen LogP contribution is 2.33. The quantitative estimate of drug-likeness (QED) is 0.452. The molecule has 0 heterocycles. The molecule has 5 nitrogen and oxygen atoms in total. The van der Waals surface area contributed by atoms with Gasteiger partial charge in [-0.3, -0.25) is 10.1 Å². The van der Waals surface area contributed by atoms with Crippen molar-refractivity contribution in [3.63, 3.8) is 0 Å². The van der Waals surface area contributed by atoms with Crippen molar-refractivity contribution in [3.05, 3.63) is 46.3 Å². The summed E-state index contributed by atoms with van der Waals surface area (Å²) in [6.07, 6.45) is 1.25. The van der Waals surface area contributed by atoms with Gasteiger partial charge in [-0.2, -0.15) is 0 Å². The van der Waals surface area contributed by atoms with Gasteiger partial charge in [-0.15, -0.1) is 6.58 Å². The van der Waals surface area contributed by atoms with E-state index in [0.717, 1.165) is 6.07 Å². The molecule has 0 saturated heterocycles. The maximum Gasteiger partial charge on any atom is 0.313 e. The molecule has 0 fully saturated rings. The predicted octanol–water partition coefficient (Wildman–Crippen LogP) is 1.63. The third kappa shape index (κ3) is 2.10. The molecular formula is C9H9FN2O3. The average Bonchev–Trinajstić information content (AvgIpc) is 2.19. The number of phenolic OH excluding ortho intramolecular Hbond substituents is 1. The summed E-state index contributed by atoms with van der Waals surface area (Å²) in [6, 6.07) is 0.725. The summed E-state index contributed by atoms with van der Waals surface area (Å²) in [4.78, 5) is 9.57. The SMILES string of the molecule is C=C[C@@H](N)c1cc(F)cc([N+](=O)[O-])c1O. The molecule has 80 valence electrons. The number of nitro benzene ring substituents is 1. The Balaban J connectivity index is 3.40. The Morgan fingerprint density at radius 1 is 1.67 bits per heavy atom. The van der Waals surface area contributed by atoms with E-state index in [1.54, 1.807) is 0 Å². The van der Waals surface area contributed by atoms with Crippen molar-refractivity contribution >= 4 is 5.69 Å². The van der Waals surface area contributed by atoms with Gasteiger partial charge < -0.3 is 10.8 Å². The zero-order valence-corrected chi connectivity index (χ0v) is 7.68. The first-order valence-electron chi connectivity index (χ1n) is 4.02. The van der Waals surface area contributed by atoms with E-state index < -0.39 is 28.2 Å². The lowest BCUT2D eigenvalue weighted by Gasteiger charge is -2.09. The van der Waals surface area contributed by atoms with Gasteiger partial charge in [0.15, 0.2) is 5.75 Å². The van der Waals surface area contributed by atoms with Crippen LogP contribution < -0.4 is 5.73 Å². The van der Waals surface area contributed by atoms with Crippen LogP contribution in [0.25, 0.3) is 0 Å². The van der Waals surface area contributed by atoms with Crippen molar-refractivity contribution in [2.24, 2.45) is 5.73 Å². The minimum Gasteiger partial charge on any atom is -0.502 e. The molecule has 3 N–H and O–H groups in total. The van der Waals surface area contributed by atoms with Crippen LogP contribution in [-0.4, -0.2) is 10.0 Å². The molecule has 0 saturated carbocycles. The van der Waals surface area contributed by atoms with Crippen molar-refractivity contribution in [1.82, 2.24) is 0 Å². The second kappa shape index (κ2) is 4.05. The Bertz CT molecular complexity index is 420. The minimum atomic E-state index is -0.877. The second-order valence-electron chi connectivity index (χ2n) is 2.88. The third-order valence-corrected chi connectivity index (χ3v) is 1.89. The summed E-state index contributed by atoms with van der Waals surface area (Å²) >= 11 is 0. The summed E-state index contributed by atoms with van der Waals surface area (Å²) in [5, 5.41) is 19.9. The van der Waals surface area contributed by atoms with Crippen LogP contribution in [0.1, 0.15) is 11.6 Å². The van der Waals surface area contributed by atoms with E-state index in [2.05, 4.69) is 6.58 Å². The molecule has 1 aromatic carbocycles. The molecule has 6 heteroatoms. The first-order chi connectivity index (χ1) is 6.97. The van der Waals surface area contributed by atoms with Crippen LogP contribution in [0, 0.1) is 15.9 Å². The number of rotatable bonds is 3. The number of aromatic hydroxyl groups is 1. The van der Waals surface area contributed by atoms with Crippen LogP contribution in [-0.2, 0) is 0 Å². The number of phenols is 1. The van der Waals surface area contributed by atoms with Gasteiger partial charge in [-0.25, -0.2) is 4.39 Å². The number of nitrogens with two attached hydrogens (primary N) is 1. The van der Waals surface area contributed by atoms with Gasteiger partial charge in [-0.1, -0.05) is 6.08 Å². The lowest BCUT2D eigenvalue weighted by molar-refractivity contribution is -0.386. The number of nitrogens with zero attached hydrogens (tertiary/aromatic N) is 1. The lowest BCUT2D eigenvalue weighted by atomic mass is 10.1. The molecule has 1 aromatic rings. The fourth-order valence-electron chi connectivity index (χ4n) is 1.13. The van der Waals surface area contributed by atoms with Gasteiger partial charge in [0.2, 0.25) is 0 Å². The van der Waals surface area contributed by atoms with Crippen molar-refractivity contribution in [2.45, 2.75) is 6.04 Å². The number of hydrogen-bond donors (Lipinski definition) is 2. The van der Waals surface area contributed by atoms with Gasteiger partial charge in [-0.05, 0) is 6.07 Å². The van der Waals surface area contributed by atoms with Crippen LogP contribution in [0.15, 0.2) is 24.8 Å². The number of benzene rings is 1. The summed E-state index contributed by atoms with van der Waals surface area (Å²) in [7, 11) is 0. The molecule has 15 heavy (non-hydrogen) atoms. The highest BCUT2D eigenvalue weighted by molar-refractivity contribution is 5.52. The van der Waals surface area contributed by atoms with Crippen LogP contribution in [0.3, 0.4) is 0 Å². The Hall–Kier alpha value is -1.95. The molecule has 0 aliphatic heterocycles. The topological polar surface area (TPSA) is 89.4 Å². The number of nitro groups is 1. The summed E-state index contributed by atoms with van der Waals surface area (Å²) < 4.78 is 13.0. The van der Waals surface area contributed by atoms with Crippen molar-refractivity contribution in [2.75, 3.05) is 0 Å². The van der Waals surface area contributed by atoms with E-state index >= 15 is 0 Å². The maximum absolute atomic E-state index is 13.0. The molecule has 0 radical (unpaired) electrons. The molecule has 1 rings (SSSR count). The number of halogens is 1. The van der Waals surface area contributed by atoms with E-state index in [4.69, 9.17) is 5.73 Å². The van der Waals surface area contributed by atoms with Crippen LogP contribution >= 0.6 is 0 Å². The van der Waals surface area contributed by atoms with Gasteiger partial charge in [0.25, 0.3) is 0 Å². The monoisotopic (exact) mass is 212 g/mol. The van der Waals surface area contributed by atoms with Crippen LogP contribution in [0.2, 0.25) is 0 Å². The molecule has 0 spiro atoms. The minimum absolute atomic E-state index is 0.0586. The molecule has 0 unspecified atom stereocenters. The standard InChI is InChI=1S/C9H9FN2O3/c1-2-7(11)6-3-5(10)4-8(9(6)13)12(14)15/h2-4,7,13H,1,11H2/t7-/m1/s1. The average molecular weight is 212 g/mol. The Kier molecular flexibility index (Phi) is 3.01. The van der Waals surface area contributed by atoms with E-state index in [-0.39, 0.29) is 5.56 Å². The largest absolute Gasteiger partial charge is 0.502 e. The smallest absolute Gasteiger partial charge is 0.313 e. The zero-order chi connectivity index (χ0) is 11.6. The highest BCUT2D eigenvalue weighted by Gasteiger charge is 2.21. The fraction of sp³-hybridized carbons (Fsp3) is 0.111. The summed E-state index contributed by atoms with van der Waals surface area (Å²) in [5.74, 6) is -1.46. The molecule has 0 bridgehead atoms. The van der Waals surface area contributed by atoms with E-state index in [9.17, 15) is 19.6 Å². The molecule has 1 atom stereocenters. The first kappa shape index (κ1) is 11.1. The summed E-state index contributed by atoms with van der Waals surface area (Å²) in [5.41, 5.74) is 4.70. The van der Waals surface area contributed by atoms with Gasteiger partial charge in [0, 0.05) is 5.56 Å². The predicted molar refractivity (Wildman–Crippen MR) is 51.8 cm³/mol. The first-order valence-corrected chi connectivity index (χ1v) is 4.02. The Morgan fingerprint density at radius 2 is 2.27 bits per heavy atom. The van der Waals surface area contributed by atoms with Crippen molar-refractivity contribution in [3.8, 4) is 5.75 Å². The van der Waals surface area contributed by atoms with Gasteiger partial charge in [0.05, 0.1) is 17.0 Å². The van der Waals surface area contributed by atoms with Crippen LogP contribution in [0.5, 0.6) is 5.75 Å². The van der Waals surface area contributed by atoms with Gasteiger partial charge in [0.1, 0.15) is 5.82 Å². The van der Waals surface area contributed by atoms with Crippen LogP contribution in [0.4, 0.5) is 10.1 Å². The maximum atomic E-state index is 13.0. The molecular weight excluding hydrogens is 203 g/mol. The van der Waals surface area contributed by atoms with Gasteiger partial charge >= 0.3 is 5.69 Å². The number of hydrogen-bond acceptors (Lipinski definition) is 4. The van der Waals surface area contributed by atoms with E-state index in [1.165, 1.54) is 6.08 Å². The fourth-order valence-corrected chi connectivity index (χ4v) is 1.13.